The molecule has 1 N–H and O–H groups in total. The van der Waals surface area contributed by atoms with Gasteiger partial charge in [-0.1, -0.05) is 13.8 Å². The predicted molar refractivity (Wildman–Crippen MR) is 40.7 cm³/mol. The summed E-state index contributed by atoms with van der Waals surface area (Å²) in [4.78, 5) is 0. The van der Waals surface area contributed by atoms with Crippen molar-refractivity contribution in [1.82, 2.24) is 0 Å². The summed E-state index contributed by atoms with van der Waals surface area (Å²) in [6, 6.07) is 0. The molecule has 0 radical (unpaired) electrons. The summed E-state index contributed by atoms with van der Waals surface area (Å²) in [5.41, 5.74) is 0.583. The van der Waals surface area contributed by atoms with Crippen LogP contribution in [0.5, 0.6) is 0 Å². The summed E-state index contributed by atoms with van der Waals surface area (Å²) in [5.74, 6) is 0. The summed E-state index contributed by atoms with van der Waals surface area (Å²) in [7, 11) is 0. The zero-order chi connectivity index (χ0) is 6.83. The Morgan fingerprint density at radius 3 is 1.67 bits per heavy atom. The second-order valence-electron chi connectivity index (χ2n) is 0.961. The number of nitrogens with zero attached hydrogens (tertiary/aromatic N) is 1. The Bertz CT molecular complexity index is 43.9. The standard InChI is InChI=1S/C4H10N.CH2OS.Na/c1-3-5-4-2;2-1-3;/h3-4H2,1-2H3;1H,(H,2,3);/q-1;;+1. The Morgan fingerprint density at radius 1 is 1.44 bits per heavy atom. The average molecular weight is 157 g/mol. The van der Waals surface area contributed by atoms with E-state index >= 15 is 0 Å². The molecule has 2 nitrogen and oxygen atoms in total. The third kappa shape index (κ3) is 51.1. The first-order valence-electron chi connectivity index (χ1n) is 2.54. The Morgan fingerprint density at radius 2 is 1.67 bits per heavy atom. The molecule has 0 aromatic carbocycles. The van der Waals surface area contributed by atoms with E-state index in [1.54, 1.807) is 0 Å². The fraction of sp³-hybridized carbons (Fsp3) is 0.800. The first-order chi connectivity index (χ1) is 3.83. The zero-order valence-corrected chi connectivity index (χ0v) is 9.11. The molecule has 0 aromatic rings. The number of hydrogen-bond donors (Lipinski definition) is 1. The van der Waals surface area contributed by atoms with Gasteiger partial charge in [0.05, 0.1) is 0 Å². The van der Waals surface area contributed by atoms with Gasteiger partial charge in [-0.3, -0.25) is 0 Å². The molecule has 50 valence electrons. The molecule has 0 saturated heterocycles. The topological polar surface area (TPSA) is 34.3 Å². The normalized spacial score (nSPS) is 6.00. The second-order valence-corrected chi connectivity index (χ2v) is 1.17. The molecule has 0 saturated carbocycles. The minimum atomic E-state index is 0. The van der Waals surface area contributed by atoms with Crippen molar-refractivity contribution in [2.24, 2.45) is 0 Å². The summed E-state index contributed by atoms with van der Waals surface area (Å²) in [5, 5.41) is 11.2. The van der Waals surface area contributed by atoms with Crippen LogP contribution in [0.4, 0.5) is 0 Å². The van der Waals surface area contributed by atoms with Gasteiger partial charge in [0.1, 0.15) is 5.55 Å². The van der Waals surface area contributed by atoms with Crippen LogP contribution in [0, 0.1) is 0 Å². The number of rotatable bonds is 2. The number of aliphatic hydroxyl groups excluding tert-OH is 1. The van der Waals surface area contributed by atoms with Crippen molar-refractivity contribution in [2.45, 2.75) is 13.8 Å². The molecule has 0 heterocycles. The molecule has 0 aliphatic carbocycles. The molecular weight excluding hydrogens is 145 g/mol. The van der Waals surface area contributed by atoms with Crippen LogP contribution in [-0.4, -0.2) is 23.7 Å². The van der Waals surface area contributed by atoms with Gasteiger partial charge in [0.2, 0.25) is 0 Å². The predicted octanol–water partition coefficient (Wildman–Crippen LogP) is -1.09. The Kier molecular flexibility index (Phi) is 42.4. The summed E-state index contributed by atoms with van der Waals surface area (Å²) < 4.78 is 0. The van der Waals surface area contributed by atoms with Gasteiger partial charge in [-0.2, -0.15) is 13.1 Å². The van der Waals surface area contributed by atoms with Crippen molar-refractivity contribution in [3.63, 3.8) is 0 Å². The largest absolute Gasteiger partial charge is 1.00 e. The van der Waals surface area contributed by atoms with E-state index in [0.717, 1.165) is 13.1 Å². The van der Waals surface area contributed by atoms with Crippen molar-refractivity contribution >= 4 is 17.8 Å². The maximum absolute atomic E-state index is 7.26. The van der Waals surface area contributed by atoms with Gasteiger partial charge >= 0.3 is 29.6 Å². The van der Waals surface area contributed by atoms with Gasteiger partial charge in [-0.15, -0.1) is 0 Å². The van der Waals surface area contributed by atoms with Gasteiger partial charge in [0, 0.05) is 0 Å². The smallest absolute Gasteiger partial charge is 0.663 e. The molecule has 0 atom stereocenters. The van der Waals surface area contributed by atoms with E-state index in [1.807, 2.05) is 13.8 Å². The van der Waals surface area contributed by atoms with Crippen LogP contribution in [0.15, 0.2) is 0 Å². The van der Waals surface area contributed by atoms with Crippen LogP contribution in [0.2, 0.25) is 0 Å². The van der Waals surface area contributed by atoms with Gasteiger partial charge in [0.25, 0.3) is 0 Å². The van der Waals surface area contributed by atoms with Crippen LogP contribution < -0.4 is 29.6 Å². The second kappa shape index (κ2) is 23.2. The van der Waals surface area contributed by atoms with Crippen LogP contribution in [0.3, 0.4) is 0 Å². The maximum atomic E-state index is 7.26. The minimum Gasteiger partial charge on any atom is -0.663 e. The molecule has 0 fully saturated rings. The molecule has 4 heteroatoms. The van der Waals surface area contributed by atoms with E-state index in [0.29, 0.717) is 5.55 Å². The monoisotopic (exact) mass is 157 g/mol. The molecule has 9 heavy (non-hydrogen) atoms. The Hall–Kier alpha value is 0.850. The van der Waals surface area contributed by atoms with E-state index < -0.39 is 0 Å². The molecule has 0 rings (SSSR count). The summed E-state index contributed by atoms with van der Waals surface area (Å²) in [6.45, 7) is 6.03. The molecule has 0 bridgehead atoms. The van der Waals surface area contributed by atoms with Gasteiger partial charge in [-0.25, -0.2) is 0 Å². The first kappa shape index (κ1) is 16.4. The van der Waals surface area contributed by atoms with E-state index in [-0.39, 0.29) is 29.6 Å². The third-order valence-electron chi connectivity index (χ3n) is 0.447. The quantitative estimate of drug-likeness (QED) is 0.408. The van der Waals surface area contributed by atoms with E-state index in [2.05, 4.69) is 17.5 Å². The van der Waals surface area contributed by atoms with Crippen LogP contribution in [0.1, 0.15) is 13.8 Å². The van der Waals surface area contributed by atoms with Gasteiger partial charge in [0.15, 0.2) is 0 Å². The van der Waals surface area contributed by atoms with Crippen molar-refractivity contribution in [3.8, 4) is 0 Å². The molecular formula is C5H12NNaOS. The molecule has 0 aliphatic heterocycles. The van der Waals surface area contributed by atoms with Gasteiger partial charge < -0.3 is 10.4 Å². The Labute approximate surface area is 84.3 Å². The van der Waals surface area contributed by atoms with Crippen molar-refractivity contribution in [2.75, 3.05) is 13.1 Å². The number of thiocarbonyl (C=S) groups is 1. The minimum absolute atomic E-state index is 0. The molecule has 0 unspecified atom stereocenters. The average Bonchev–Trinajstić information content (AvgIpc) is 1.71. The third-order valence-corrected chi connectivity index (χ3v) is 0.447. The SMILES string of the molecule is CC[N-]CC.OC=S.[Na+]. The fourth-order valence-corrected chi connectivity index (χ4v) is 0.224. The van der Waals surface area contributed by atoms with E-state index in [9.17, 15) is 0 Å². The molecule has 0 aromatic heterocycles. The number of aliphatic hydroxyl groups is 1. The van der Waals surface area contributed by atoms with Crippen molar-refractivity contribution in [1.29, 1.82) is 0 Å². The van der Waals surface area contributed by atoms with Crippen LogP contribution in [0.25, 0.3) is 5.32 Å². The summed E-state index contributed by atoms with van der Waals surface area (Å²) in [6.07, 6.45) is 0. The van der Waals surface area contributed by atoms with E-state index in [1.165, 1.54) is 0 Å². The molecule has 0 spiro atoms. The molecule has 0 amide bonds. The first-order valence-corrected chi connectivity index (χ1v) is 3.01. The number of hydrogen-bond acceptors (Lipinski definition) is 1. The summed E-state index contributed by atoms with van der Waals surface area (Å²) >= 11 is 3.82. The van der Waals surface area contributed by atoms with Crippen molar-refractivity contribution in [3.05, 3.63) is 5.32 Å². The maximum Gasteiger partial charge on any atom is 1.00 e. The van der Waals surface area contributed by atoms with E-state index in [4.69, 9.17) is 5.11 Å². The van der Waals surface area contributed by atoms with Crippen molar-refractivity contribution < 1.29 is 34.7 Å². The van der Waals surface area contributed by atoms with Crippen LogP contribution in [-0.2, 0) is 0 Å². The fourth-order valence-electron chi connectivity index (χ4n) is 0.224. The van der Waals surface area contributed by atoms with Gasteiger partial charge in [-0.05, 0) is 12.2 Å². The molecule has 0 aliphatic rings. The van der Waals surface area contributed by atoms with Crippen LogP contribution >= 0.6 is 12.2 Å². The Balaban J connectivity index is -0.0000000800. The zero-order valence-electron chi connectivity index (χ0n) is 6.29.